The van der Waals surface area contributed by atoms with E-state index in [1.54, 1.807) is 19.0 Å². The number of hydrogen-bond donors (Lipinski definition) is 2. The molecule has 0 heterocycles. The molecule has 0 aliphatic rings. The molecule has 20 heavy (non-hydrogen) atoms. The largest absolute Gasteiger partial charge is 0.480 e. The molecule has 0 saturated carbocycles. The fraction of sp³-hybridized carbons (Fsp3) is 0.429. The summed E-state index contributed by atoms with van der Waals surface area (Å²) in [5, 5.41) is 11.5. The van der Waals surface area contributed by atoms with Crippen molar-refractivity contribution >= 4 is 11.9 Å². The van der Waals surface area contributed by atoms with Crippen LogP contribution >= 0.6 is 0 Å². The Morgan fingerprint density at radius 3 is 2.15 bits per heavy atom. The summed E-state index contributed by atoms with van der Waals surface area (Å²) in [5.41, 5.74) is -0.777. The Hall–Kier alpha value is -1.95. The minimum Gasteiger partial charge on any atom is -0.480 e. The molecule has 2 N–H and O–H groups in total. The Morgan fingerprint density at radius 2 is 1.75 bits per heavy atom. The zero-order valence-corrected chi connectivity index (χ0v) is 12.0. The summed E-state index contributed by atoms with van der Waals surface area (Å²) < 4.78 is 12.9. The molecule has 0 aromatic heterocycles. The molecule has 0 spiro atoms. The summed E-state index contributed by atoms with van der Waals surface area (Å²) in [6, 6.07) is 4.86. The first-order valence-corrected chi connectivity index (χ1v) is 6.12. The molecular weight excluding hydrogens is 263 g/mol. The highest BCUT2D eigenvalue weighted by molar-refractivity contribution is 5.89. The van der Waals surface area contributed by atoms with E-state index in [0.29, 0.717) is 5.56 Å². The third-order valence-corrected chi connectivity index (χ3v) is 2.92. The second kappa shape index (κ2) is 6.00. The molecule has 0 saturated heterocycles. The number of carbonyl (C=O) groups is 2. The molecule has 0 fully saturated rings. The molecule has 0 aliphatic heterocycles. The van der Waals surface area contributed by atoms with Crippen molar-refractivity contribution in [2.75, 3.05) is 14.1 Å². The third kappa shape index (κ3) is 3.77. The van der Waals surface area contributed by atoms with Gasteiger partial charge in [-0.3, -0.25) is 9.69 Å². The van der Waals surface area contributed by atoms with E-state index in [1.165, 1.54) is 38.1 Å². The van der Waals surface area contributed by atoms with Gasteiger partial charge >= 0.3 is 5.97 Å². The van der Waals surface area contributed by atoms with Gasteiger partial charge in [0, 0.05) is 0 Å². The number of rotatable bonds is 5. The second-order valence-corrected chi connectivity index (χ2v) is 5.34. The Kier molecular flexibility index (Phi) is 4.83. The van der Waals surface area contributed by atoms with E-state index in [0.717, 1.165) is 0 Å². The van der Waals surface area contributed by atoms with Gasteiger partial charge in [0.1, 0.15) is 17.4 Å². The standard InChI is InChI=1S/C14H19FN2O3/c1-14(2,13(19)20)16-12(18)11(17(3)4)9-5-7-10(15)8-6-9/h5-8,11H,1-4H3,(H,16,18)(H,19,20). The highest BCUT2D eigenvalue weighted by atomic mass is 19.1. The molecule has 0 radical (unpaired) electrons. The lowest BCUT2D eigenvalue weighted by molar-refractivity contribution is -0.146. The molecular formula is C14H19FN2O3. The molecule has 1 unspecified atom stereocenters. The highest BCUT2D eigenvalue weighted by Crippen LogP contribution is 2.20. The Balaban J connectivity index is 3.00. The fourth-order valence-corrected chi connectivity index (χ4v) is 1.76. The SMILES string of the molecule is CN(C)C(C(=O)NC(C)(C)C(=O)O)c1ccc(F)cc1. The van der Waals surface area contributed by atoms with Crippen molar-refractivity contribution in [3.8, 4) is 0 Å². The van der Waals surface area contributed by atoms with Gasteiger partial charge in [0.2, 0.25) is 5.91 Å². The molecule has 1 aromatic carbocycles. The number of benzene rings is 1. The van der Waals surface area contributed by atoms with E-state index in [4.69, 9.17) is 5.11 Å². The predicted molar refractivity (Wildman–Crippen MR) is 72.7 cm³/mol. The van der Waals surface area contributed by atoms with Crippen LogP contribution in [0.5, 0.6) is 0 Å². The molecule has 0 bridgehead atoms. The van der Waals surface area contributed by atoms with Crippen LogP contribution < -0.4 is 5.32 Å². The zero-order valence-electron chi connectivity index (χ0n) is 12.0. The Bertz CT molecular complexity index is 498. The monoisotopic (exact) mass is 282 g/mol. The number of carboxylic acid groups (broad SMARTS) is 1. The first-order chi connectivity index (χ1) is 9.15. The number of carboxylic acids is 1. The Morgan fingerprint density at radius 1 is 1.25 bits per heavy atom. The van der Waals surface area contributed by atoms with Crippen LogP contribution in [0.25, 0.3) is 0 Å². The average molecular weight is 282 g/mol. The van der Waals surface area contributed by atoms with E-state index >= 15 is 0 Å². The van der Waals surface area contributed by atoms with Gasteiger partial charge < -0.3 is 10.4 Å². The maximum atomic E-state index is 12.9. The molecule has 0 aliphatic carbocycles. The molecule has 110 valence electrons. The number of hydrogen-bond acceptors (Lipinski definition) is 3. The topological polar surface area (TPSA) is 69.6 Å². The van der Waals surface area contributed by atoms with E-state index in [1.807, 2.05) is 0 Å². The summed E-state index contributed by atoms with van der Waals surface area (Å²) in [7, 11) is 3.39. The van der Waals surface area contributed by atoms with Gasteiger partial charge in [-0.2, -0.15) is 0 Å². The first kappa shape index (κ1) is 16.1. The number of nitrogens with one attached hydrogen (secondary N) is 1. The van der Waals surface area contributed by atoms with E-state index in [-0.39, 0.29) is 0 Å². The minimum atomic E-state index is -1.37. The molecule has 1 rings (SSSR count). The van der Waals surface area contributed by atoms with Crippen molar-refractivity contribution in [1.29, 1.82) is 0 Å². The Labute approximate surface area is 117 Å². The fourth-order valence-electron chi connectivity index (χ4n) is 1.76. The van der Waals surface area contributed by atoms with Crippen LogP contribution in [0.1, 0.15) is 25.5 Å². The summed E-state index contributed by atoms with van der Waals surface area (Å²) in [6.45, 7) is 2.81. The number of nitrogens with zero attached hydrogens (tertiary/aromatic N) is 1. The first-order valence-electron chi connectivity index (χ1n) is 6.12. The normalized spacial score (nSPS) is 13.1. The van der Waals surface area contributed by atoms with Crippen LogP contribution in [0.2, 0.25) is 0 Å². The van der Waals surface area contributed by atoms with Gasteiger partial charge in [0.05, 0.1) is 0 Å². The smallest absolute Gasteiger partial charge is 0.328 e. The minimum absolute atomic E-state index is 0.391. The number of aliphatic carboxylic acids is 1. The molecule has 5 nitrogen and oxygen atoms in total. The van der Waals surface area contributed by atoms with Crippen LogP contribution in [-0.2, 0) is 9.59 Å². The van der Waals surface area contributed by atoms with Crippen LogP contribution in [0.15, 0.2) is 24.3 Å². The molecule has 6 heteroatoms. The van der Waals surface area contributed by atoms with Crippen LogP contribution in [0.3, 0.4) is 0 Å². The van der Waals surface area contributed by atoms with Gasteiger partial charge in [-0.15, -0.1) is 0 Å². The van der Waals surface area contributed by atoms with Crippen molar-refractivity contribution in [3.05, 3.63) is 35.6 Å². The van der Waals surface area contributed by atoms with Crippen molar-refractivity contribution < 1.29 is 19.1 Å². The van der Waals surface area contributed by atoms with E-state index < -0.39 is 29.3 Å². The lowest BCUT2D eigenvalue weighted by Gasteiger charge is -2.28. The molecule has 1 amide bonds. The molecule has 1 atom stereocenters. The van der Waals surface area contributed by atoms with Crippen molar-refractivity contribution in [2.45, 2.75) is 25.4 Å². The summed E-state index contributed by atoms with van der Waals surface area (Å²) in [4.78, 5) is 25.0. The zero-order chi connectivity index (χ0) is 15.5. The van der Waals surface area contributed by atoms with E-state index in [2.05, 4.69) is 5.32 Å². The van der Waals surface area contributed by atoms with Crippen LogP contribution in [-0.4, -0.2) is 41.5 Å². The van der Waals surface area contributed by atoms with Crippen LogP contribution in [0, 0.1) is 5.82 Å². The predicted octanol–water partition coefficient (Wildman–Crippen LogP) is 1.41. The highest BCUT2D eigenvalue weighted by Gasteiger charge is 2.33. The van der Waals surface area contributed by atoms with Gasteiger partial charge in [-0.25, -0.2) is 9.18 Å². The quantitative estimate of drug-likeness (QED) is 0.856. The summed E-state index contributed by atoms with van der Waals surface area (Å²) in [5.74, 6) is -1.96. The van der Waals surface area contributed by atoms with E-state index in [9.17, 15) is 14.0 Å². The van der Waals surface area contributed by atoms with Gasteiger partial charge in [0.15, 0.2) is 0 Å². The lowest BCUT2D eigenvalue weighted by Crippen LogP contribution is -2.52. The van der Waals surface area contributed by atoms with Crippen LogP contribution in [0.4, 0.5) is 4.39 Å². The summed E-state index contributed by atoms with van der Waals surface area (Å²) in [6.07, 6.45) is 0. The van der Waals surface area contributed by atoms with Crippen molar-refractivity contribution in [2.24, 2.45) is 0 Å². The summed E-state index contributed by atoms with van der Waals surface area (Å²) >= 11 is 0. The average Bonchev–Trinajstić information content (AvgIpc) is 2.30. The van der Waals surface area contributed by atoms with Gasteiger partial charge in [-0.1, -0.05) is 12.1 Å². The second-order valence-electron chi connectivity index (χ2n) is 5.34. The number of likely N-dealkylation sites (N-methyl/N-ethyl adjacent to an activating group) is 1. The van der Waals surface area contributed by atoms with Gasteiger partial charge in [0.25, 0.3) is 0 Å². The number of carbonyl (C=O) groups excluding carboxylic acids is 1. The third-order valence-electron chi connectivity index (χ3n) is 2.92. The maximum Gasteiger partial charge on any atom is 0.328 e. The maximum absolute atomic E-state index is 12.9. The molecule has 1 aromatic rings. The van der Waals surface area contributed by atoms with Crippen molar-refractivity contribution in [1.82, 2.24) is 10.2 Å². The number of halogens is 1. The lowest BCUT2D eigenvalue weighted by atomic mass is 10.0. The van der Waals surface area contributed by atoms with Crippen molar-refractivity contribution in [3.63, 3.8) is 0 Å². The number of amides is 1. The van der Waals surface area contributed by atoms with Gasteiger partial charge in [-0.05, 0) is 45.6 Å².